The number of amides is 1. The number of carbonyl (C=O) groups is 1. The number of hydrogen-bond acceptors (Lipinski definition) is 5. The number of halogens is 1. The number of aromatic nitrogens is 2. The van der Waals surface area contributed by atoms with Crippen LogP contribution >= 0.6 is 34.7 Å². The quantitative estimate of drug-likeness (QED) is 0.322. The maximum absolute atomic E-state index is 13.3. The van der Waals surface area contributed by atoms with Crippen molar-refractivity contribution in [2.75, 3.05) is 10.7 Å². The summed E-state index contributed by atoms with van der Waals surface area (Å²) in [5.41, 5.74) is 4.06. The van der Waals surface area contributed by atoms with Crippen LogP contribution in [-0.4, -0.2) is 21.6 Å². The van der Waals surface area contributed by atoms with Crippen molar-refractivity contribution in [3.8, 4) is 0 Å². The van der Waals surface area contributed by atoms with E-state index in [2.05, 4.69) is 24.0 Å². The lowest BCUT2D eigenvalue weighted by Gasteiger charge is -2.19. The average molecular weight is 454 g/mol. The van der Waals surface area contributed by atoms with Crippen LogP contribution in [0.2, 0.25) is 5.02 Å². The Labute approximate surface area is 188 Å². The number of pyridine rings is 1. The van der Waals surface area contributed by atoms with Gasteiger partial charge in [0, 0.05) is 16.1 Å². The smallest absolute Gasteiger partial charge is 0.239 e. The van der Waals surface area contributed by atoms with Crippen molar-refractivity contribution in [3.63, 3.8) is 0 Å². The minimum atomic E-state index is -0.00466. The molecule has 0 atom stereocenters. The first-order valence-electron chi connectivity index (χ1n) is 9.46. The highest BCUT2D eigenvalue weighted by atomic mass is 35.5. The van der Waals surface area contributed by atoms with Crippen LogP contribution in [0.5, 0.6) is 0 Å². The molecule has 152 valence electrons. The highest BCUT2D eigenvalue weighted by molar-refractivity contribution is 8.00. The van der Waals surface area contributed by atoms with Crippen LogP contribution in [0, 0.1) is 13.8 Å². The van der Waals surface area contributed by atoms with Gasteiger partial charge >= 0.3 is 0 Å². The summed E-state index contributed by atoms with van der Waals surface area (Å²) in [6.07, 6.45) is 1.74. The Morgan fingerprint density at radius 3 is 2.53 bits per heavy atom. The molecule has 0 bridgehead atoms. The van der Waals surface area contributed by atoms with E-state index < -0.39 is 0 Å². The van der Waals surface area contributed by atoms with Gasteiger partial charge in [0.1, 0.15) is 0 Å². The topological polar surface area (TPSA) is 46.1 Å². The molecule has 4 nitrogen and oxygen atoms in total. The maximum atomic E-state index is 13.3. The molecule has 30 heavy (non-hydrogen) atoms. The first-order chi connectivity index (χ1) is 14.5. The van der Waals surface area contributed by atoms with Crippen LogP contribution in [0.3, 0.4) is 0 Å². The Hall–Kier alpha value is -2.41. The fourth-order valence-electron chi connectivity index (χ4n) is 3.03. The van der Waals surface area contributed by atoms with E-state index >= 15 is 0 Å². The zero-order valence-electron chi connectivity index (χ0n) is 16.6. The molecule has 0 aliphatic carbocycles. The number of nitrogens with zero attached hydrogens (tertiary/aromatic N) is 3. The summed E-state index contributed by atoms with van der Waals surface area (Å²) < 4.78 is 1.12. The van der Waals surface area contributed by atoms with Gasteiger partial charge < -0.3 is 0 Å². The van der Waals surface area contributed by atoms with Gasteiger partial charge in [-0.25, -0.2) is 4.98 Å². The molecule has 0 radical (unpaired) electrons. The van der Waals surface area contributed by atoms with E-state index in [1.807, 2.05) is 49.4 Å². The van der Waals surface area contributed by atoms with Gasteiger partial charge in [0.05, 0.1) is 28.2 Å². The van der Waals surface area contributed by atoms with Crippen LogP contribution in [0.4, 0.5) is 5.13 Å². The summed E-state index contributed by atoms with van der Waals surface area (Å²) in [6, 6.07) is 17.4. The van der Waals surface area contributed by atoms with Gasteiger partial charge in [0.2, 0.25) is 5.91 Å². The molecule has 0 unspecified atom stereocenters. The number of aryl methyl sites for hydroxylation is 2. The normalized spacial score (nSPS) is 11.0. The van der Waals surface area contributed by atoms with Crippen LogP contribution < -0.4 is 4.90 Å². The van der Waals surface area contributed by atoms with E-state index in [0.717, 1.165) is 26.4 Å². The van der Waals surface area contributed by atoms with Crippen molar-refractivity contribution < 1.29 is 4.79 Å². The Bertz CT molecular complexity index is 1140. The Balaban J connectivity index is 1.64. The molecule has 0 spiro atoms. The fourth-order valence-corrected chi connectivity index (χ4v) is 5.06. The molecule has 0 aliphatic heterocycles. The molecule has 0 fully saturated rings. The van der Waals surface area contributed by atoms with Crippen molar-refractivity contribution in [1.29, 1.82) is 0 Å². The zero-order valence-corrected chi connectivity index (χ0v) is 19.0. The maximum Gasteiger partial charge on any atom is 0.239 e. The number of thioether (sulfide) groups is 1. The second kappa shape index (κ2) is 9.16. The molecule has 2 aromatic carbocycles. The highest BCUT2D eigenvalue weighted by Gasteiger charge is 2.22. The second-order valence-corrected chi connectivity index (χ2v) is 9.38. The van der Waals surface area contributed by atoms with E-state index in [-0.39, 0.29) is 5.91 Å². The summed E-state index contributed by atoms with van der Waals surface area (Å²) in [6.45, 7) is 4.51. The summed E-state index contributed by atoms with van der Waals surface area (Å²) >= 11 is 9.01. The number of carbonyl (C=O) groups excluding carboxylic acids is 1. The monoisotopic (exact) mass is 453 g/mol. The number of fused-ring (bicyclic) bond motifs is 1. The van der Waals surface area contributed by atoms with E-state index in [1.54, 1.807) is 22.4 Å². The van der Waals surface area contributed by atoms with Crippen molar-refractivity contribution in [1.82, 2.24) is 9.97 Å². The molecule has 1 amide bonds. The van der Waals surface area contributed by atoms with Gasteiger partial charge in [-0.05, 0) is 61.4 Å². The van der Waals surface area contributed by atoms with Gasteiger partial charge in [-0.15, -0.1) is 11.8 Å². The number of rotatable bonds is 6. The predicted octanol–water partition coefficient (Wildman–Crippen LogP) is 6.29. The van der Waals surface area contributed by atoms with E-state index in [9.17, 15) is 4.79 Å². The lowest BCUT2D eigenvalue weighted by molar-refractivity contribution is -0.116. The average Bonchev–Trinajstić information content (AvgIpc) is 3.21. The van der Waals surface area contributed by atoms with Crippen LogP contribution in [-0.2, 0) is 11.3 Å². The van der Waals surface area contributed by atoms with Crippen LogP contribution in [0.15, 0.2) is 65.7 Å². The lowest BCUT2D eigenvalue weighted by atomic mass is 10.1. The minimum Gasteiger partial charge on any atom is -0.281 e. The number of anilines is 1. The van der Waals surface area contributed by atoms with Crippen molar-refractivity contribution >= 4 is 56.0 Å². The van der Waals surface area contributed by atoms with Crippen LogP contribution in [0.1, 0.15) is 16.8 Å². The van der Waals surface area contributed by atoms with E-state index in [1.165, 1.54) is 17.3 Å². The standard InChI is InChI=1S/C23H20ClN3OS2/c1-15-6-7-16(2)22-21(15)26-23(30-22)27(13-18-5-3-4-12-25-18)20(28)14-29-19-10-8-17(24)9-11-19/h3-12H,13-14H2,1-2H3. The number of hydrogen-bond donors (Lipinski definition) is 0. The molecular weight excluding hydrogens is 434 g/mol. The van der Waals surface area contributed by atoms with Gasteiger partial charge in [0.25, 0.3) is 0 Å². The van der Waals surface area contributed by atoms with Gasteiger partial charge in [-0.2, -0.15) is 0 Å². The molecule has 0 saturated heterocycles. The van der Waals surface area contributed by atoms with Crippen molar-refractivity contribution in [2.45, 2.75) is 25.3 Å². The molecule has 0 aliphatic rings. The summed E-state index contributed by atoms with van der Waals surface area (Å²) in [7, 11) is 0. The number of benzene rings is 2. The third-order valence-corrected chi connectivity index (χ3v) is 7.15. The number of thiazole rings is 1. The summed E-state index contributed by atoms with van der Waals surface area (Å²) in [5, 5.41) is 1.39. The molecule has 0 saturated carbocycles. The second-order valence-electron chi connectivity index (χ2n) is 6.92. The highest BCUT2D eigenvalue weighted by Crippen LogP contribution is 2.34. The first-order valence-corrected chi connectivity index (χ1v) is 11.6. The zero-order chi connectivity index (χ0) is 21.1. The van der Waals surface area contributed by atoms with Crippen molar-refractivity contribution in [2.24, 2.45) is 0 Å². The third-order valence-electron chi connectivity index (χ3n) is 4.69. The molecule has 4 aromatic rings. The molecule has 2 aromatic heterocycles. The van der Waals surface area contributed by atoms with E-state index in [0.29, 0.717) is 22.5 Å². The molecule has 0 N–H and O–H groups in total. The van der Waals surface area contributed by atoms with E-state index in [4.69, 9.17) is 16.6 Å². The fraction of sp³-hybridized carbons (Fsp3) is 0.174. The summed E-state index contributed by atoms with van der Waals surface area (Å²) in [4.78, 5) is 25.2. The molecule has 2 heterocycles. The molecule has 7 heteroatoms. The first kappa shape index (κ1) is 20.8. The largest absolute Gasteiger partial charge is 0.281 e. The van der Waals surface area contributed by atoms with Gasteiger partial charge in [-0.1, -0.05) is 41.1 Å². The summed E-state index contributed by atoms with van der Waals surface area (Å²) in [5.74, 6) is 0.303. The minimum absolute atomic E-state index is 0.00466. The van der Waals surface area contributed by atoms with Crippen LogP contribution in [0.25, 0.3) is 10.2 Å². The lowest BCUT2D eigenvalue weighted by Crippen LogP contribution is -2.32. The van der Waals surface area contributed by atoms with Crippen molar-refractivity contribution in [3.05, 3.63) is 82.6 Å². The Morgan fingerprint density at radius 1 is 1.07 bits per heavy atom. The third kappa shape index (κ3) is 4.67. The predicted molar refractivity (Wildman–Crippen MR) is 127 cm³/mol. The Kier molecular flexibility index (Phi) is 6.37. The molecule has 4 rings (SSSR count). The Morgan fingerprint density at radius 2 is 1.83 bits per heavy atom. The molecular formula is C23H20ClN3OS2. The van der Waals surface area contributed by atoms with Gasteiger partial charge in [-0.3, -0.25) is 14.7 Å². The van der Waals surface area contributed by atoms with Gasteiger partial charge in [0.15, 0.2) is 5.13 Å². The SMILES string of the molecule is Cc1ccc(C)c2sc(N(Cc3ccccn3)C(=O)CSc3ccc(Cl)cc3)nc12.